The SMILES string of the molecule is CCOc1cccc(CNC(=NC)NCCNC(=O)C2CC2)c1OC(F)F.I. The van der Waals surface area contributed by atoms with Crippen LogP contribution in [0.2, 0.25) is 0 Å². The molecule has 0 bridgehead atoms. The van der Waals surface area contributed by atoms with E-state index < -0.39 is 6.61 Å². The molecule has 1 aliphatic rings. The summed E-state index contributed by atoms with van der Waals surface area (Å²) in [6, 6.07) is 4.97. The monoisotopic (exact) mass is 512 g/mol. The summed E-state index contributed by atoms with van der Waals surface area (Å²) >= 11 is 0. The van der Waals surface area contributed by atoms with Crippen molar-refractivity contribution in [2.75, 3.05) is 26.7 Å². The summed E-state index contributed by atoms with van der Waals surface area (Å²) < 4.78 is 35.5. The van der Waals surface area contributed by atoms with Gasteiger partial charge in [0.2, 0.25) is 5.91 Å². The van der Waals surface area contributed by atoms with E-state index in [9.17, 15) is 13.6 Å². The molecule has 7 nitrogen and oxygen atoms in total. The second kappa shape index (κ2) is 12.6. The highest BCUT2D eigenvalue weighted by Crippen LogP contribution is 2.32. The molecule has 0 heterocycles. The van der Waals surface area contributed by atoms with Crippen molar-refractivity contribution in [2.24, 2.45) is 10.9 Å². The number of amides is 1. The van der Waals surface area contributed by atoms with Crippen LogP contribution in [0.1, 0.15) is 25.3 Å². The molecule has 1 aliphatic carbocycles. The van der Waals surface area contributed by atoms with Gasteiger partial charge in [-0.15, -0.1) is 24.0 Å². The van der Waals surface area contributed by atoms with Gasteiger partial charge in [0.05, 0.1) is 6.61 Å². The zero-order valence-corrected chi connectivity index (χ0v) is 18.3. The van der Waals surface area contributed by atoms with E-state index in [2.05, 4.69) is 25.7 Å². The van der Waals surface area contributed by atoms with Crippen LogP contribution in [-0.4, -0.2) is 45.2 Å². The molecule has 1 fully saturated rings. The molecule has 0 radical (unpaired) electrons. The van der Waals surface area contributed by atoms with E-state index in [0.717, 1.165) is 12.8 Å². The maximum atomic E-state index is 12.7. The van der Waals surface area contributed by atoms with E-state index in [1.165, 1.54) is 0 Å². The first-order chi connectivity index (χ1) is 13.0. The van der Waals surface area contributed by atoms with Crippen LogP contribution in [0.5, 0.6) is 11.5 Å². The van der Waals surface area contributed by atoms with E-state index in [4.69, 9.17) is 4.74 Å². The van der Waals surface area contributed by atoms with Gasteiger partial charge >= 0.3 is 6.61 Å². The number of hydrogen-bond acceptors (Lipinski definition) is 4. The first-order valence-electron chi connectivity index (χ1n) is 8.96. The molecule has 0 aromatic heterocycles. The van der Waals surface area contributed by atoms with Crippen LogP contribution in [0.15, 0.2) is 23.2 Å². The number of halogens is 3. The first-order valence-corrected chi connectivity index (χ1v) is 8.96. The number of carbonyl (C=O) groups excluding carboxylic acids is 1. The minimum absolute atomic E-state index is 0. The number of para-hydroxylation sites is 1. The largest absolute Gasteiger partial charge is 0.490 e. The number of rotatable bonds is 10. The van der Waals surface area contributed by atoms with Crippen LogP contribution >= 0.6 is 24.0 Å². The van der Waals surface area contributed by atoms with Gasteiger partial charge in [-0.3, -0.25) is 9.79 Å². The first kappa shape index (κ1) is 24.2. The summed E-state index contributed by atoms with van der Waals surface area (Å²) in [5.41, 5.74) is 0.520. The molecule has 10 heteroatoms. The summed E-state index contributed by atoms with van der Waals surface area (Å²) in [5.74, 6) is 1.02. The Bertz CT molecular complexity index is 658. The zero-order valence-electron chi connectivity index (χ0n) is 16.0. The van der Waals surface area contributed by atoms with Crippen LogP contribution in [0, 0.1) is 5.92 Å². The maximum absolute atomic E-state index is 12.7. The standard InChI is InChI=1S/C18H26F2N4O3.HI/c1-3-26-14-6-4-5-13(15(14)27-17(19)20)11-24-18(21-2)23-10-9-22-16(25)12-7-8-12;/h4-6,12,17H,3,7-11H2,1-2H3,(H,22,25)(H2,21,23,24);1H. The third-order valence-corrected chi connectivity index (χ3v) is 3.90. The number of nitrogens with one attached hydrogen (secondary N) is 3. The van der Waals surface area contributed by atoms with E-state index in [-0.39, 0.29) is 53.8 Å². The molecule has 0 aliphatic heterocycles. The average molecular weight is 512 g/mol. The lowest BCUT2D eigenvalue weighted by Gasteiger charge is -2.17. The van der Waals surface area contributed by atoms with Crippen molar-refractivity contribution in [2.45, 2.75) is 32.9 Å². The number of guanidine groups is 1. The highest BCUT2D eigenvalue weighted by molar-refractivity contribution is 14.0. The molecular weight excluding hydrogens is 485 g/mol. The van der Waals surface area contributed by atoms with Crippen molar-refractivity contribution < 1.29 is 23.0 Å². The molecule has 28 heavy (non-hydrogen) atoms. The van der Waals surface area contributed by atoms with Crippen molar-refractivity contribution in [3.8, 4) is 11.5 Å². The molecule has 1 saturated carbocycles. The lowest BCUT2D eigenvalue weighted by Crippen LogP contribution is -2.41. The molecule has 2 rings (SSSR count). The normalized spacial score (nSPS) is 13.5. The van der Waals surface area contributed by atoms with Gasteiger partial charge in [-0.1, -0.05) is 12.1 Å². The average Bonchev–Trinajstić information content (AvgIpc) is 3.48. The summed E-state index contributed by atoms with van der Waals surface area (Å²) in [6.07, 6.45) is 1.93. The second-order valence-electron chi connectivity index (χ2n) is 5.97. The van der Waals surface area contributed by atoms with E-state index in [1.807, 2.05) is 0 Å². The molecule has 1 amide bonds. The fraction of sp³-hybridized carbons (Fsp3) is 0.556. The topological polar surface area (TPSA) is 84.0 Å². The quantitative estimate of drug-likeness (QED) is 0.194. The molecule has 0 atom stereocenters. The Labute approximate surface area is 180 Å². The molecule has 0 spiro atoms. The lowest BCUT2D eigenvalue weighted by atomic mass is 10.2. The summed E-state index contributed by atoms with van der Waals surface area (Å²) in [4.78, 5) is 15.6. The highest BCUT2D eigenvalue weighted by Gasteiger charge is 2.28. The van der Waals surface area contributed by atoms with E-state index in [0.29, 0.717) is 31.2 Å². The minimum atomic E-state index is -2.95. The van der Waals surface area contributed by atoms with Crippen LogP contribution in [0.25, 0.3) is 0 Å². The third kappa shape index (κ3) is 8.03. The van der Waals surface area contributed by atoms with Gasteiger partial charge in [0, 0.05) is 38.2 Å². The van der Waals surface area contributed by atoms with Crippen molar-refractivity contribution in [3.05, 3.63) is 23.8 Å². The van der Waals surface area contributed by atoms with Crippen molar-refractivity contribution in [1.82, 2.24) is 16.0 Å². The second-order valence-corrected chi connectivity index (χ2v) is 5.97. The molecule has 1 aromatic rings. The minimum Gasteiger partial charge on any atom is -0.490 e. The van der Waals surface area contributed by atoms with E-state index >= 15 is 0 Å². The van der Waals surface area contributed by atoms with E-state index in [1.54, 1.807) is 32.2 Å². The predicted octanol–water partition coefficient (Wildman–Crippen LogP) is 2.50. The molecule has 1 aromatic carbocycles. The number of hydrogen-bond donors (Lipinski definition) is 3. The molecule has 0 saturated heterocycles. The van der Waals surface area contributed by atoms with Gasteiger partial charge in [-0.05, 0) is 25.8 Å². The molecular formula is C18H27F2IN4O3. The lowest BCUT2D eigenvalue weighted by molar-refractivity contribution is -0.122. The van der Waals surface area contributed by atoms with Gasteiger partial charge in [0.15, 0.2) is 17.5 Å². The number of alkyl halides is 2. The molecule has 0 unspecified atom stereocenters. The summed E-state index contributed by atoms with van der Waals surface area (Å²) in [5, 5.41) is 8.94. The Morgan fingerprint density at radius 2 is 1.96 bits per heavy atom. The Kier molecular flexibility index (Phi) is 10.9. The smallest absolute Gasteiger partial charge is 0.387 e. The third-order valence-electron chi connectivity index (χ3n) is 3.90. The fourth-order valence-electron chi connectivity index (χ4n) is 2.45. The van der Waals surface area contributed by atoms with Crippen molar-refractivity contribution in [1.29, 1.82) is 0 Å². The predicted molar refractivity (Wildman–Crippen MR) is 114 cm³/mol. The van der Waals surface area contributed by atoms with Crippen molar-refractivity contribution in [3.63, 3.8) is 0 Å². The number of aliphatic imine (C=N–C) groups is 1. The maximum Gasteiger partial charge on any atom is 0.387 e. The Morgan fingerprint density at radius 3 is 2.57 bits per heavy atom. The number of carbonyl (C=O) groups is 1. The summed E-state index contributed by atoms with van der Waals surface area (Å²) in [7, 11) is 1.60. The van der Waals surface area contributed by atoms with Gasteiger partial charge in [-0.2, -0.15) is 8.78 Å². The number of nitrogens with zero attached hydrogens (tertiary/aromatic N) is 1. The summed E-state index contributed by atoms with van der Waals surface area (Å²) in [6.45, 7) is 0.360. The van der Waals surface area contributed by atoms with Crippen LogP contribution < -0.4 is 25.4 Å². The zero-order chi connectivity index (χ0) is 19.6. The van der Waals surface area contributed by atoms with Gasteiger partial charge in [0.25, 0.3) is 0 Å². The molecule has 158 valence electrons. The number of benzene rings is 1. The molecule has 3 N–H and O–H groups in total. The van der Waals surface area contributed by atoms with Crippen molar-refractivity contribution >= 4 is 35.8 Å². The Balaban J connectivity index is 0.00000392. The van der Waals surface area contributed by atoms with Crippen LogP contribution in [0.4, 0.5) is 8.78 Å². The van der Waals surface area contributed by atoms with Crippen LogP contribution in [-0.2, 0) is 11.3 Å². The Morgan fingerprint density at radius 1 is 1.25 bits per heavy atom. The fourth-order valence-corrected chi connectivity index (χ4v) is 2.45. The number of ether oxygens (including phenoxy) is 2. The van der Waals surface area contributed by atoms with Gasteiger partial charge in [0.1, 0.15) is 0 Å². The Hall–Kier alpha value is -1.85. The van der Waals surface area contributed by atoms with Crippen LogP contribution in [0.3, 0.4) is 0 Å². The van der Waals surface area contributed by atoms with Gasteiger partial charge in [-0.25, -0.2) is 0 Å². The highest BCUT2D eigenvalue weighted by atomic mass is 127. The van der Waals surface area contributed by atoms with Gasteiger partial charge < -0.3 is 25.4 Å².